The fourth-order valence-electron chi connectivity index (χ4n) is 3.29. The van der Waals surface area contributed by atoms with Crippen LogP contribution in [0.2, 0.25) is 0 Å². The number of nitrogens with one attached hydrogen (secondary N) is 1. The molecule has 1 aromatic carbocycles. The Kier molecular flexibility index (Phi) is 4.22. The van der Waals surface area contributed by atoms with E-state index in [1.54, 1.807) is 0 Å². The van der Waals surface area contributed by atoms with Crippen molar-refractivity contribution in [2.75, 3.05) is 7.05 Å². The van der Waals surface area contributed by atoms with Crippen LogP contribution in [-0.4, -0.2) is 13.1 Å². The zero-order valence-electron chi connectivity index (χ0n) is 11.3. The van der Waals surface area contributed by atoms with Crippen LogP contribution in [0, 0.1) is 11.8 Å². The van der Waals surface area contributed by atoms with Crippen molar-refractivity contribution in [1.29, 1.82) is 0 Å². The molecule has 1 aromatic rings. The summed E-state index contributed by atoms with van der Waals surface area (Å²) < 4.78 is 0. The van der Waals surface area contributed by atoms with Crippen LogP contribution < -0.4 is 5.32 Å². The Morgan fingerprint density at radius 2 is 1.82 bits per heavy atom. The van der Waals surface area contributed by atoms with Crippen LogP contribution >= 0.6 is 0 Å². The van der Waals surface area contributed by atoms with Gasteiger partial charge in [-0.1, -0.05) is 57.0 Å². The maximum Gasteiger partial charge on any atom is 0.0126 e. The smallest absolute Gasteiger partial charge is 0.0126 e. The predicted molar refractivity (Wildman–Crippen MR) is 74.2 cm³/mol. The van der Waals surface area contributed by atoms with Gasteiger partial charge in [0.15, 0.2) is 0 Å². The minimum absolute atomic E-state index is 0.704. The van der Waals surface area contributed by atoms with E-state index in [9.17, 15) is 0 Å². The van der Waals surface area contributed by atoms with Crippen LogP contribution in [0.1, 0.15) is 44.6 Å². The maximum atomic E-state index is 3.57. The lowest BCUT2D eigenvalue weighted by Gasteiger charge is -2.25. The SMILES string of the molecule is CCC(CC)C(NC)C1CC1c1ccccc1. The molecule has 0 bridgehead atoms. The summed E-state index contributed by atoms with van der Waals surface area (Å²) in [5, 5.41) is 3.57. The molecule has 1 N–H and O–H groups in total. The second-order valence-corrected chi connectivity index (χ2v) is 5.31. The highest BCUT2D eigenvalue weighted by molar-refractivity contribution is 5.26. The van der Waals surface area contributed by atoms with Crippen molar-refractivity contribution in [3.05, 3.63) is 35.9 Å². The van der Waals surface area contributed by atoms with E-state index in [-0.39, 0.29) is 0 Å². The summed E-state index contributed by atoms with van der Waals surface area (Å²) >= 11 is 0. The molecule has 0 amide bonds. The normalized spacial score (nSPS) is 24.9. The number of hydrogen-bond acceptors (Lipinski definition) is 1. The highest BCUT2D eigenvalue weighted by atomic mass is 14.9. The van der Waals surface area contributed by atoms with Gasteiger partial charge < -0.3 is 5.32 Å². The van der Waals surface area contributed by atoms with Gasteiger partial charge in [-0.2, -0.15) is 0 Å². The van der Waals surface area contributed by atoms with E-state index in [0.717, 1.165) is 17.8 Å². The van der Waals surface area contributed by atoms with Gasteiger partial charge in [0.05, 0.1) is 0 Å². The highest BCUT2D eigenvalue weighted by Gasteiger charge is 2.44. The van der Waals surface area contributed by atoms with E-state index >= 15 is 0 Å². The first-order chi connectivity index (χ1) is 8.31. The Morgan fingerprint density at radius 3 is 2.35 bits per heavy atom. The van der Waals surface area contributed by atoms with Crippen molar-refractivity contribution < 1.29 is 0 Å². The summed E-state index contributed by atoms with van der Waals surface area (Å²) in [6.45, 7) is 4.64. The summed E-state index contributed by atoms with van der Waals surface area (Å²) in [5.41, 5.74) is 1.53. The van der Waals surface area contributed by atoms with Gasteiger partial charge in [0.2, 0.25) is 0 Å². The lowest BCUT2D eigenvalue weighted by molar-refractivity contribution is 0.316. The monoisotopic (exact) mass is 231 g/mol. The van der Waals surface area contributed by atoms with Crippen LogP contribution in [0.3, 0.4) is 0 Å². The van der Waals surface area contributed by atoms with Crippen molar-refractivity contribution in [2.24, 2.45) is 11.8 Å². The second-order valence-electron chi connectivity index (χ2n) is 5.31. The van der Waals surface area contributed by atoms with Crippen molar-refractivity contribution in [3.8, 4) is 0 Å². The van der Waals surface area contributed by atoms with Gasteiger partial charge in [-0.05, 0) is 36.8 Å². The Bertz CT molecular complexity index is 329. The molecule has 1 aliphatic rings. The molecule has 17 heavy (non-hydrogen) atoms. The molecule has 1 saturated carbocycles. The van der Waals surface area contributed by atoms with Gasteiger partial charge in [-0.3, -0.25) is 0 Å². The van der Waals surface area contributed by atoms with E-state index in [0.29, 0.717) is 6.04 Å². The number of hydrogen-bond donors (Lipinski definition) is 1. The molecular weight excluding hydrogens is 206 g/mol. The minimum atomic E-state index is 0.704. The molecule has 2 rings (SSSR count). The van der Waals surface area contributed by atoms with E-state index < -0.39 is 0 Å². The summed E-state index contributed by atoms with van der Waals surface area (Å²) in [5.74, 6) is 2.49. The zero-order chi connectivity index (χ0) is 12.3. The van der Waals surface area contributed by atoms with Gasteiger partial charge >= 0.3 is 0 Å². The van der Waals surface area contributed by atoms with Crippen LogP contribution in [-0.2, 0) is 0 Å². The fourth-order valence-corrected chi connectivity index (χ4v) is 3.29. The van der Waals surface area contributed by atoms with Crippen molar-refractivity contribution >= 4 is 0 Å². The standard InChI is InChI=1S/C16H25N/c1-4-12(5-2)16(17-3)15-11-14(15)13-9-7-6-8-10-13/h6-10,12,14-17H,4-5,11H2,1-3H3. The predicted octanol–water partition coefficient (Wildman–Crippen LogP) is 3.81. The average Bonchev–Trinajstić information content (AvgIpc) is 3.17. The Labute approximate surface area is 106 Å². The third-order valence-corrected chi connectivity index (χ3v) is 4.42. The van der Waals surface area contributed by atoms with E-state index in [1.807, 2.05) is 0 Å². The molecule has 1 aliphatic carbocycles. The van der Waals surface area contributed by atoms with Gasteiger partial charge in [0.25, 0.3) is 0 Å². The van der Waals surface area contributed by atoms with Crippen LogP contribution in [0.4, 0.5) is 0 Å². The Morgan fingerprint density at radius 1 is 1.18 bits per heavy atom. The van der Waals surface area contributed by atoms with Crippen LogP contribution in [0.15, 0.2) is 30.3 Å². The quantitative estimate of drug-likeness (QED) is 0.785. The largest absolute Gasteiger partial charge is 0.316 e. The molecule has 0 aromatic heterocycles. The van der Waals surface area contributed by atoms with Gasteiger partial charge in [-0.15, -0.1) is 0 Å². The first kappa shape index (κ1) is 12.6. The topological polar surface area (TPSA) is 12.0 Å². The molecule has 1 fully saturated rings. The minimum Gasteiger partial charge on any atom is -0.316 e. The molecule has 1 nitrogen and oxygen atoms in total. The molecule has 94 valence electrons. The summed E-state index contributed by atoms with van der Waals surface area (Å²) in [6.07, 6.45) is 3.95. The van der Waals surface area contributed by atoms with E-state index in [1.165, 1.54) is 24.8 Å². The first-order valence-corrected chi connectivity index (χ1v) is 7.04. The van der Waals surface area contributed by atoms with Crippen LogP contribution in [0.25, 0.3) is 0 Å². The summed E-state index contributed by atoms with van der Waals surface area (Å²) in [6, 6.07) is 11.7. The number of rotatable bonds is 6. The lowest BCUT2D eigenvalue weighted by Crippen LogP contribution is -2.35. The Balaban J connectivity index is 2.01. The summed E-state index contributed by atoms with van der Waals surface area (Å²) in [7, 11) is 2.13. The second kappa shape index (κ2) is 5.68. The molecule has 3 atom stereocenters. The van der Waals surface area contributed by atoms with Gasteiger partial charge in [0, 0.05) is 6.04 Å². The van der Waals surface area contributed by atoms with Crippen molar-refractivity contribution in [3.63, 3.8) is 0 Å². The molecule has 0 aliphatic heterocycles. The van der Waals surface area contributed by atoms with Crippen molar-refractivity contribution in [2.45, 2.75) is 45.1 Å². The zero-order valence-corrected chi connectivity index (χ0v) is 11.3. The van der Waals surface area contributed by atoms with Crippen molar-refractivity contribution in [1.82, 2.24) is 5.32 Å². The molecule has 3 unspecified atom stereocenters. The van der Waals surface area contributed by atoms with E-state index in [4.69, 9.17) is 0 Å². The van der Waals surface area contributed by atoms with Gasteiger partial charge in [0.1, 0.15) is 0 Å². The molecule has 0 heterocycles. The third kappa shape index (κ3) is 2.71. The third-order valence-electron chi connectivity index (χ3n) is 4.42. The first-order valence-electron chi connectivity index (χ1n) is 7.04. The number of benzene rings is 1. The molecule has 0 radical (unpaired) electrons. The van der Waals surface area contributed by atoms with Gasteiger partial charge in [-0.25, -0.2) is 0 Å². The van der Waals surface area contributed by atoms with E-state index in [2.05, 4.69) is 56.5 Å². The molecule has 1 heteroatoms. The fraction of sp³-hybridized carbons (Fsp3) is 0.625. The average molecular weight is 231 g/mol. The highest BCUT2D eigenvalue weighted by Crippen LogP contribution is 2.51. The lowest BCUT2D eigenvalue weighted by atomic mass is 9.89. The summed E-state index contributed by atoms with van der Waals surface area (Å²) in [4.78, 5) is 0. The van der Waals surface area contributed by atoms with Crippen LogP contribution in [0.5, 0.6) is 0 Å². The Hall–Kier alpha value is -0.820. The molecular formula is C16H25N. The molecule has 0 saturated heterocycles. The molecule has 0 spiro atoms. The maximum absolute atomic E-state index is 3.57.